The zero-order valence-electron chi connectivity index (χ0n) is 23.4. The van der Waals surface area contributed by atoms with Gasteiger partial charge in [-0.25, -0.2) is 4.68 Å². The molecule has 2 atom stereocenters. The molecule has 0 saturated heterocycles. The van der Waals surface area contributed by atoms with E-state index in [1.807, 2.05) is 30.3 Å². The van der Waals surface area contributed by atoms with Crippen molar-refractivity contribution in [2.24, 2.45) is 0 Å². The number of hydrogen-bond acceptors (Lipinski definition) is 4. The molecule has 0 unspecified atom stereocenters. The number of aryl methyl sites for hydroxylation is 1. The number of halogens is 5. The lowest BCUT2D eigenvalue weighted by molar-refractivity contribution is -0.137. The van der Waals surface area contributed by atoms with Gasteiger partial charge in [0.15, 0.2) is 4.84 Å². The maximum absolute atomic E-state index is 14.2. The fourth-order valence-electron chi connectivity index (χ4n) is 5.36. The Morgan fingerprint density at radius 1 is 1.00 bits per heavy atom. The number of nitrogens with one attached hydrogen (secondary N) is 2. The Balaban J connectivity index is 1.66. The number of rotatable bonds is 7. The van der Waals surface area contributed by atoms with Crippen LogP contribution in [0.4, 0.5) is 24.7 Å². The lowest BCUT2D eigenvalue weighted by Gasteiger charge is -2.38. The van der Waals surface area contributed by atoms with Crippen molar-refractivity contribution < 1.29 is 27.6 Å². The third-order valence-electron chi connectivity index (χ3n) is 7.28. The van der Waals surface area contributed by atoms with Crippen LogP contribution in [-0.4, -0.2) is 44.9 Å². The van der Waals surface area contributed by atoms with E-state index in [0.717, 1.165) is 18.2 Å². The summed E-state index contributed by atoms with van der Waals surface area (Å²) < 4.78 is 41.9. The van der Waals surface area contributed by atoms with E-state index in [-0.39, 0.29) is 12.1 Å². The van der Waals surface area contributed by atoms with Crippen LogP contribution in [0.5, 0.6) is 0 Å². The smallest absolute Gasteiger partial charge is 0.339 e. The Hall–Kier alpha value is -4.35. The van der Waals surface area contributed by atoms with Gasteiger partial charge in [0, 0.05) is 29.3 Å². The maximum Gasteiger partial charge on any atom is 0.416 e. The number of para-hydroxylation sites is 1. The van der Waals surface area contributed by atoms with Crippen LogP contribution >= 0.6 is 23.2 Å². The summed E-state index contributed by atoms with van der Waals surface area (Å²) in [5.74, 6) is -2.36. The highest BCUT2D eigenvalue weighted by Gasteiger charge is 2.45. The van der Waals surface area contributed by atoms with Crippen molar-refractivity contribution in [2.75, 3.05) is 16.8 Å². The van der Waals surface area contributed by atoms with Crippen molar-refractivity contribution in [2.45, 2.75) is 36.8 Å². The Bertz CT molecular complexity index is 1730. The van der Waals surface area contributed by atoms with Crippen LogP contribution in [0.15, 0.2) is 78.9 Å². The molecule has 0 aliphatic carbocycles. The summed E-state index contributed by atoms with van der Waals surface area (Å²) in [7, 11) is 0. The van der Waals surface area contributed by atoms with E-state index in [4.69, 9.17) is 28.3 Å². The van der Waals surface area contributed by atoms with Crippen LogP contribution in [0, 0.1) is 6.92 Å². The third-order valence-corrected chi connectivity index (χ3v) is 7.68. The molecule has 4 aromatic rings. The van der Waals surface area contributed by atoms with Gasteiger partial charge in [0.05, 0.1) is 16.9 Å². The highest BCUT2D eigenvalue weighted by atomic mass is 35.5. The van der Waals surface area contributed by atoms with Crippen LogP contribution < -0.4 is 15.5 Å². The summed E-state index contributed by atoms with van der Waals surface area (Å²) in [5, 5.41) is 10.1. The Morgan fingerprint density at radius 2 is 1.70 bits per heavy atom. The van der Waals surface area contributed by atoms with Crippen LogP contribution in [0.2, 0.25) is 0 Å². The molecule has 228 valence electrons. The van der Waals surface area contributed by atoms with E-state index >= 15 is 0 Å². The second-order valence-electron chi connectivity index (χ2n) is 10.1. The van der Waals surface area contributed by atoms with Crippen molar-refractivity contribution in [1.29, 1.82) is 0 Å². The van der Waals surface area contributed by atoms with Crippen molar-refractivity contribution in [1.82, 2.24) is 15.1 Å². The molecule has 1 aliphatic rings. The van der Waals surface area contributed by atoms with Gasteiger partial charge in [-0.3, -0.25) is 19.3 Å². The number of carbonyl (C=O) groups is 3. The van der Waals surface area contributed by atoms with Crippen LogP contribution in [0.1, 0.15) is 45.6 Å². The van der Waals surface area contributed by atoms with Gasteiger partial charge in [-0.1, -0.05) is 59.6 Å². The molecular weight excluding hydrogens is 618 g/mol. The van der Waals surface area contributed by atoms with Crippen molar-refractivity contribution >= 4 is 52.4 Å². The minimum absolute atomic E-state index is 0.218. The number of alkyl halides is 5. The van der Waals surface area contributed by atoms with E-state index in [9.17, 15) is 27.6 Å². The van der Waals surface area contributed by atoms with Crippen molar-refractivity contribution in [3.8, 4) is 5.69 Å². The molecular formula is C31H26Cl2F3N5O3. The first-order chi connectivity index (χ1) is 20.9. The zero-order valence-corrected chi connectivity index (χ0v) is 24.9. The monoisotopic (exact) mass is 643 g/mol. The Morgan fingerprint density at radius 3 is 2.36 bits per heavy atom. The van der Waals surface area contributed by atoms with Gasteiger partial charge >= 0.3 is 6.18 Å². The number of carbonyl (C=O) groups excluding carboxylic acids is 3. The number of benzene rings is 3. The summed E-state index contributed by atoms with van der Waals surface area (Å²) >= 11 is 11.4. The van der Waals surface area contributed by atoms with E-state index in [0.29, 0.717) is 34.0 Å². The molecule has 2 N–H and O–H groups in total. The Labute approximate surface area is 260 Å². The molecule has 0 spiro atoms. The standard InChI is InChI=1S/C31H26Cl2F3N5O3/c1-3-40-29-23(17(2)39-41(29)22-13-5-4-6-14-22)24(18-9-8-12-21(16-18)37-28(43)26(32)33)25(30(40)44)38-27(42)19-10-7-11-20(15-19)31(34,35)36/h4-16,24-26H,3H2,1-2H3,(H,37,43)(H,38,42)/t24-,25+/m0/s1. The first-order valence-electron chi connectivity index (χ1n) is 13.5. The van der Waals surface area contributed by atoms with Crippen LogP contribution in [-0.2, 0) is 15.8 Å². The number of amides is 3. The number of likely N-dealkylation sites (N-methyl/N-ethyl adjacent to an activating group) is 1. The first-order valence-corrected chi connectivity index (χ1v) is 14.4. The molecule has 8 nitrogen and oxygen atoms in total. The van der Waals surface area contributed by atoms with Crippen molar-refractivity contribution in [3.05, 3.63) is 107 Å². The minimum Gasteiger partial charge on any atom is -0.339 e. The molecule has 0 bridgehead atoms. The quantitative estimate of drug-likeness (QED) is 0.233. The second-order valence-corrected chi connectivity index (χ2v) is 11.2. The summed E-state index contributed by atoms with van der Waals surface area (Å²) in [4.78, 5) is 40.1. The number of nitrogens with zero attached hydrogens (tertiary/aromatic N) is 3. The highest BCUT2D eigenvalue weighted by Crippen LogP contribution is 2.44. The lowest BCUT2D eigenvalue weighted by Crippen LogP contribution is -2.55. The van der Waals surface area contributed by atoms with Gasteiger partial charge in [0.2, 0.25) is 0 Å². The predicted octanol–water partition coefficient (Wildman–Crippen LogP) is 6.24. The van der Waals surface area contributed by atoms with Crippen LogP contribution in [0.25, 0.3) is 5.69 Å². The fourth-order valence-corrected chi connectivity index (χ4v) is 5.47. The lowest BCUT2D eigenvalue weighted by atomic mass is 9.81. The Kier molecular flexibility index (Phi) is 8.71. The van der Waals surface area contributed by atoms with E-state index in [1.165, 1.54) is 11.0 Å². The molecule has 0 fully saturated rings. The molecule has 1 aliphatic heterocycles. The number of aromatic nitrogens is 2. The summed E-state index contributed by atoms with van der Waals surface area (Å²) in [5.41, 5.74) is 1.50. The summed E-state index contributed by atoms with van der Waals surface area (Å²) in [6, 6.07) is 18.6. The van der Waals surface area contributed by atoms with Gasteiger partial charge in [-0.15, -0.1) is 0 Å². The van der Waals surface area contributed by atoms with E-state index in [2.05, 4.69) is 10.6 Å². The van der Waals surface area contributed by atoms with Crippen molar-refractivity contribution in [3.63, 3.8) is 0 Å². The normalized spacial score (nSPS) is 16.5. The topological polar surface area (TPSA) is 96.3 Å². The number of anilines is 2. The third kappa shape index (κ3) is 6.02. The van der Waals surface area contributed by atoms with E-state index < -0.39 is 46.3 Å². The molecule has 5 rings (SSSR count). The van der Waals surface area contributed by atoms with Gasteiger partial charge in [0.25, 0.3) is 17.7 Å². The highest BCUT2D eigenvalue weighted by molar-refractivity contribution is 6.54. The summed E-state index contributed by atoms with van der Waals surface area (Å²) in [6.45, 7) is 3.77. The predicted molar refractivity (Wildman–Crippen MR) is 161 cm³/mol. The largest absolute Gasteiger partial charge is 0.416 e. The number of hydrogen-bond donors (Lipinski definition) is 2. The SMILES string of the molecule is CCN1C(=O)[C@H](NC(=O)c2cccc(C(F)(F)F)c2)[C@@H](c2cccc(NC(=O)C(Cl)Cl)c2)c2c(C)nn(-c3ccccc3)c21. The molecule has 13 heteroatoms. The average Bonchev–Trinajstić information content (AvgIpc) is 3.34. The first kappa shape index (κ1) is 31.1. The molecule has 3 aromatic carbocycles. The summed E-state index contributed by atoms with van der Waals surface area (Å²) in [6.07, 6.45) is -4.66. The van der Waals surface area contributed by atoms with Gasteiger partial charge in [-0.2, -0.15) is 18.3 Å². The molecule has 0 radical (unpaired) electrons. The van der Waals surface area contributed by atoms with Crippen LogP contribution in [0.3, 0.4) is 0 Å². The van der Waals surface area contributed by atoms with Gasteiger partial charge in [0.1, 0.15) is 11.9 Å². The fraction of sp³-hybridized carbons (Fsp3) is 0.226. The van der Waals surface area contributed by atoms with E-state index in [1.54, 1.807) is 42.8 Å². The second kappa shape index (κ2) is 12.3. The van der Waals surface area contributed by atoms with Gasteiger partial charge < -0.3 is 10.6 Å². The zero-order chi connectivity index (χ0) is 31.8. The average molecular weight is 644 g/mol. The molecule has 3 amide bonds. The number of fused-ring (bicyclic) bond motifs is 1. The maximum atomic E-state index is 14.2. The molecule has 0 saturated carbocycles. The molecule has 44 heavy (non-hydrogen) atoms. The minimum atomic E-state index is -4.66. The molecule has 1 aromatic heterocycles. The molecule has 2 heterocycles. The van der Waals surface area contributed by atoms with Gasteiger partial charge in [-0.05, 0) is 61.9 Å².